The van der Waals surface area contributed by atoms with Crippen LogP contribution in [0.1, 0.15) is 44.5 Å². The van der Waals surface area contributed by atoms with E-state index >= 15 is 0 Å². The second-order valence-electron chi connectivity index (χ2n) is 7.80. The molecule has 0 radical (unpaired) electrons. The van der Waals surface area contributed by atoms with Crippen molar-refractivity contribution in [3.63, 3.8) is 0 Å². The Morgan fingerprint density at radius 3 is 2.80 bits per heavy atom. The fourth-order valence-corrected chi connectivity index (χ4v) is 4.43. The molecule has 3 heterocycles. The Morgan fingerprint density at radius 1 is 1.30 bits per heavy atom. The first-order valence-corrected chi connectivity index (χ1v) is 10.4. The average molecular weight is 436 g/mol. The van der Waals surface area contributed by atoms with E-state index in [4.69, 9.17) is 21.3 Å². The Morgan fingerprint density at radius 2 is 2.10 bits per heavy atom. The van der Waals surface area contributed by atoms with Crippen LogP contribution in [0.3, 0.4) is 0 Å². The van der Waals surface area contributed by atoms with Crippen LogP contribution < -0.4 is 4.74 Å². The number of nitrogens with zero attached hydrogens (tertiary/aromatic N) is 3. The lowest BCUT2D eigenvalue weighted by atomic mass is 9.93. The third kappa shape index (κ3) is 4.27. The monoisotopic (exact) mass is 435 g/mol. The summed E-state index contributed by atoms with van der Waals surface area (Å²) in [7, 11) is 0. The van der Waals surface area contributed by atoms with E-state index in [0.29, 0.717) is 13.2 Å². The van der Waals surface area contributed by atoms with Crippen LogP contribution in [-0.4, -0.2) is 34.6 Å². The molecule has 2 aliphatic rings. The predicted molar refractivity (Wildman–Crippen MR) is 113 cm³/mol. The topological polar surface area (TPSA) is 48.6 Å². The van der Waals surface area contributed by atoms with Crippen LogP contribution >= 0.6 is 11.6 Å². The summed E-state index contributed by atoms with van der Waals surface area (Å²) in [5.41, 5.74) is 4.98. The highest BCUT2D eigenvalue weighted by atomic mass is 35.5. The SMILES string of the molecule is CC1=CC(c2nc(-c3ccc(OC(F)F)c(Cl)c3)n3c2CCO[C@H](C)C3)CC(C)=N1. The maximum absolute atomic E-state index is 12.6. The maximum Gasteiger partial charge on any atom is 0.387 e. The number of aromatic nitrogens is 2. The Kier molecular flexibility index (Phi) is 5.93. The molecule has 5 nitrogen and oxygen atoms in total. The van der Waals surface area contributed by atoms with Gasteiger partial charge in [-0.25, -0.2) is 4.98 Å². The molecule has 0 amide bonds. The van der Waals surface area contributed by atoms with Crippen LogP contribution in [0, 0.1) is 0 Å². The number of ether oxygens (including phenoxy) is 2. The van der Waals surface area contributed by atoms with Crippen molar-refractivity contribution >= 4 is 17.3 Å². The van der Waals surface area contributed by atoms with Crippen LogP contribution in [0.2, 0.25) is 5.02 Å². The first-order valence-electron chi connectivity index (χ1n) is 10.00. The molecule has 0 spiro atoms. The van der Waals surface area contributed by atoms with E-state index in [1.807, 2.05) is 20.8 Å². The fraction of sp³-hybridized carbons (Fsp3) is 0.455. The van der Waals surface area contributed by atoms with E-state index in [-0.39, 0.29) is 22.8 Å². The van der Waals surface area contributed by atoms with Gasteiger partial charge in [0.25, 0.3) is 0 Å². The van der Waals surface area contributed by atoms with Crippen LogP contribution in [0.4, 0.5) is 8.78 Å². The van der Waals surface area contributed by atoms with Gasteiger partial charge in [0.05, 0.1) is 30.0 Å². The van der Waals surface area contributed by atoms with E-state index in [9.17, 15) is 8.78 Å². The van der Waals surface area contributed by atoms with Crippen molar-refractivity contribution in [2.45, 2.75) is 58.8 Å². The molecule has 1 aromatic carbocycles. The molecule has 0 saturated carbocycles. The largest absolute Gasteiger partial charge is 0.433 e. The Labute approximate surface area is 179 Å². The van der Waals surface area contributed by atoms with Gasteiger partial charge in [0.2, 0.25) is 0 Å². The number of halogens is 3. The molecule has 0 saturated heterocycles. The molecule has 1 aromatic heterocycles. The second-order valence-corrected chi connectivity index (χ2v) is 8.21. The summed E-state index contributed by atoms with van der Waals surface area (Å²) < 4.78 is 37.7. The minimum atomic E-state index is -2.92. The van der Waals surface area contributed by atoms with Crippen molar-refractivity contribution in [1.29, 1.82) is 0 Å². The highest BCUT2D eigenvalue weighted by Gasteiger charge is 2.28. The van der Waals surface area contributed by atoms with Gasteiger partial charge in [0.1, 0.15) is 11.6 Å². The summed E-state index contributed by atoms with van der Waals surface area (Å²) in [5.74, 6) is 0.851. The molecule has 0 aliphatic carbocycles. The number of fused-ring (bicyclic) bond motifs is 1. The van der Waals surface area contributed by atoms with Gasteiger partial charge in [0, 0.05) is 35.0 Å². The van der Waals surface area contributed by atoms with Gasteiger partial charge >= 0.3 is 6.61 Å². The molecule has 8 heteroatoms. The molecule has 2 aromatic rings. The molecule has 0 fully saturated rings. The van der Waals surface area contributed by atoms with Crippen molar-refractivity contribution in [1.82, 2.24) is 9.55 Å². The van der Waals surface area contributed by atoms with Gasteiger partial charge in [-0.05, 0) is 45.4 Å². The lowest BCUT2D eigenvalue weighted by Crippen LogP contribution is -2.15. The normalized spacial score (nSPS) is 21.7. The number of hydrogen-bond donors (Lipinski definition) is 0. The highest BCUT2D eigenvalue weighted by Crippen LogP contribution is 2.36. The zero-order valence-electron chi connectivity index (χ0n) is 17.2. The number of rotatable bonds is 4. The first-order chi connectivity index (χ1) is 14.3. The molecule has 2 atom stereocenters. The van der Waals surface area contributed by atoms with Crippen molar-refractivity contribution < 1.29 is 18.3 Å². The maximum atomic E-state index is 12.6. The van der Waals surface area contributed by atoms with Gasteiger partial charge in [-0.3, -0.25) is 4.99 Å². The van der Waals surface area contributed by atoms with E-state index in [0.717, 1.165) is 47.0 Å². The number of imidazole rings is 1. The summed E-state index contributed by atoms with van der Waals surface area (Å²) in [6, 6.07) is 4.81. The smallest absolute Gasteiger partial charge is 0.387 e. The Hall–Kier alpha value is -2.25. The molecule has 1 unspecified atom stereocenters. The Bertz CT molecular complexity index is 1020. The van der Waals surface area contributed by atoms with E-state index in [1.165, 1.54) is 6.07 Å². The molecule has 2 aliphatic heterocycles. The van der Waals surface area contributed by atoms with Crippen LogP contribution in [0.5, 0.6) is 5.75 Å². The fourth-order valence-electron chi connectivity index (χ4n) is 4.21. The van der Waals surface area contributed by atoms with Crippen molar-refractivity contribution in [3.05, 3.63) is 46.4 Å². The summed E-state index contributed by atoms with van der Waals surface area (Å²) in [5, 5.41) is 0.126. The molecular weight excluding hydrogens is 412 g/mol. The third-order valence-corrected chi connectivity index (χ3v) is 5.66. The summed E-state index contributed by atoms with van der Waals surface area (Å²) in [6.07, 6.45) is 3.77. The standard InChI is InChI=1S/C22H24ClF2N3O2/c1-12-8-16(9-13(2)26-12)20-18-6-7-29-14(3)11-28(18)21(27-20)15-4-5-19(17(23)10-15)30-22(24)25/h4-5,8,10,14,16,22H,6-7,9,11H2,1-3H3/t14-,16?/m1/s1. The van der Waals surface area contributed by atoms with Crippen molar-refractivity contribution in [2.75, 3.05) is 6.61 Å². The number of allylic oxidation sites excluding steroid dienone is 2. The third-order valence-electron chi connectivity index (χ3n) is 5.37. The second kappa shape index (κ2) is 8.47. The molecular formula is C22H24ClF2N3O2. The number of benzene rings is 1. The molecule has 30 heavy (non-hydrogen) atoms. The lowest BCUT2D eigenvalue weighted by molar-refractivity contribution is -0.0497. The highest BCUT2D eigenvalue weighted by molar-refractivity contribution is 6.32. The van der Waals surface area contributed by atoms with Crippen molar-refractivity contribution in [3.8, 4) is 17.1 Å². The lowest BCUT2D eigenvalue weighted by Gasteiger charge is -2.18. The zero-order chi connectivity index (χ0) is 21.4. The number of aliphatic imine (C=N–C) groups is 1. The minimum Gasteiger partial charge on any atom is -0.433 e. The Balaban J connectivity index is 1.80. The summed E-state index contributed by atoms with van der Waals surface area (Å²) in [6.45, 7) is 4.43. The summed E-state index contributed by atoms with van der Waals surface area (Å²) in [4.78, 5) is 9.56. The zero-order valence-corrected chi connectivity index (χ0v) is 17.9. The quantitative estimate of drug-likeness (QED) is 0.626. The van der Waals surface area contributed by atoms with Gasteiger partial charge in [-0.1, -0.05) is 17.7 Å². The van der Waals surface area contributed by atoms with Gasteiger partial charge < -0.3 is 14.0 Å². The van der Waals surface area contributed by atoms with E-state index < -0.39 is 6.61 Å². The van der Waals surface area contributed by atoms with E-state index in [2.05, 4.69) is 20.4 Å². The van der Waals surface area contributed by atoms with E-state index in [1.54, 1.807) is 12.1 Å². The van der Waals surface area contributed by atoms with Gasteiger partial charge in [-0.15, -0.1) is 0 Å². The summed E-state index contributed by atoms with van der Waals surface area (Å²) >= 11 is 6.22. The van der Waals surface area contributed by atoms with Crippen LogP contribution in [-0.2, 0) is 17.7 Å². The number of alkyl halides is 2. The molecule has 0 bridgehead atoms. The van der Waals surface area contributed by atoms with Crippen molar-refractivity contribution in [2.24, 2.45) is 4.99 Å². The first kappa shape index (κ1) is 21.0. The predicted octanol–water partition coefficient (Wildman–Crippen LogP) is 5.62. The molecule has 0 N–H and O–H groups in total. The van der Waals surface area contributed by atoms with Gasteiger partial charge in [-0.2, -0.15) is 8.78 Å². The minimum absolute atomic E-state index is 0.0379. The van der Waals surface area contributed by atoms with Gasteiger partial charge in [0.15, 0.2) is 0 Å². The number of hydrogen-bond acceptors (Lipinski definition) is 4. The van der Waals surface area contributed by atoms with Crippen LogP contribution in [0.25, 0.3) is 11.4 Å². The molecule has 4 rings (SSSR count). The molecule has 160 valence electrons. The van der Waals surface area contributed by atoms with Crippen LogP contribution in [0.15, 0.2) is 35.0 Å². The average Bonchev–Trinajstić information content (AvgIpc) is 2.89.